The molecule has 0 radical (unpaired) electrons. The fraction of sp³-hybridized carbons (Fsp3) is 0.556. The standard InChI is InChI=1S/C18H25NO5/c1-5-23-16(20)18(11-13(2)3)15(14-9-7-6-8-10-14)24-17(21)19(18)12-22-4/h6-10,13,15H,5,11-12H2,1-4H3/t15-,18-/m0/s1. The highest BCUT2D eigenvalue weighted by molar-refractivity contribution is 5.90. The van der Waals surface area contributed by atoms with Crippen LogP contribution in [0.4, 0.5) is 4.79 Å². The average molecular weight is 335 g/mol. The molecule has 1 aliphatic heterocycles. The van der Waals surface area contributed by atoms with E-state index in [0.717, 1.165) is 5.56 Å². The molecule has 0 saturated carbocycles. The molecule has 2 atom stereocenters. The highest BCUT2D eigenvalue weighted by Gasteiger charge is 2.61. The highest BCUT2D eigenvalue weighted by Crippen LogP contribution is 2.46. The Morgan fingerprint density at radius 1 is 1.33 bits per heavy atom. The number of carbonyl (C=O) groups excluding carboxylic acids is 2. The van der Waals surface area contributed by atoms with Crippen LogP contribution in [-0.2, 0) is 19.0 Å². The van der Waals surface area contributed by atoms with E-state index in [1.54, 1.807) is 6.92 Å². The molecule has 132 valence electrons. The molecule has 24 heavy (non-hydrogen) atoms. The van der Waals surface area contributed by atoms with Crippen molar-refractivity contribution in [3.63, 3.8) is 0 Å². The fourth-order valence-corrected chi connectivity index (χ4v) is 3.23. The molecule has 1 aliphatic rings. The van der Waals surface area contributed by atoms with Crippen molar-refractivity contribution in [3.8, 4) is 0 Å². The Kier molecular flexibility index (Phi) is 5.83. The van der Waals surface area contributed by atoms with Crippen LogP contribution in [-0.4, -0.2) is 42.9 Å². The zero-order chi connectivity index (χ0) is 17.7. The van der Waals surface area contributed by atoms with Gasteiger partial charge in [0, 0.05) is 7.11 Å². The Morgan fingerprint density at radius 2 is 2.00 bits per heavy atom. The summed E-state index contributed by atoms with van der Waals surface area (Å²) >= 11 is 0. The monoisotopic (exact) mass is 335 g/mol. The van der Waals surface area contributed by atoms with Crippen LogP contribution in [0.1, 0.15) is 38.9 Å². The summed E-state index contributed by atoms with van der Waals surface area (Å²) in [5.41, 5.74) is -0.475. The van der Waals surface area contributed by atoms with Crippen LogP contribution in [0.3, 0.4) is 0 Å². The Morgan fingerprint density at radius 3 is 2.54 bits per heavy atom. The van der Waals surface area contributed by atoms with Crippen LogP contribution in [0.15, 0.2) is 30.3 Å². The molecule has 0 N–H and O–H groups in total. The van der Waals surface area contributed by atoms with Crippen LogP contribution in [0.5, 0.6) is 0 Å². The molecule has 0 aliphatic carbocycles. The van der Waals surface area contributed by atoms with E-state index >= 15 is 0 Å². The molecule has 1 fully saturated rings. The van der Waals surface area contributed by atoms with Crippen molar-refractivity contribution in [1.82, 2.24) is 4.90 Å². The lowest BCUT2D eigenvalue weighted by molar-refractivity contribution is -0.161. The van der Waals surface area contributed by atoms with Gasteiger partial charge >= 0.3 is 12.1 Å². The van der Waals surface area contributed by atoms with Gasteiger partial charge in [0.05, 0.1) is 6.61 Å². The summed E-state index contributed by atoms with van der Waals surface area (Å²) in [7, 11) is 1.48. The van der Waals surface area contributed by atoms with Crippen LogP contribution >= 0.6 is 0 Å². The third kappa shape index (κ3) is 3.24. The minimum absolute atomic E-state index is 0.0340. The smallest absolute Gasteiger partial charge is 0.413 e. The topological polar surface area (TPSA) is 65.1 Å². The maximum atomic E-state index is 13.0. The molecule has 0 bridgehead atoms. The predicted molar refractivity (Wildman–Crippen MR) is 88.2 cm³/mol. The number of amides is 1. The first kappa shape index (κ1) is 18.3. The van der Waals surface area contributed by atoms with Crippen molar-refractivity contribution in [1.29, 1.82) is 0 Å². The van der Waals surface area contributed by atoms with E-state index in [-0.39, 0.29) is 19.3 Å². The highest BCUT2D eigenvalue weighted by atomic mass is 16.6. The lowest BCUT2D eigenvalue weighted by Gasteiger charge is -2.37. The van der Waals surface area contributed by atoms with Crippen molar-refractivity contribution in [2.24, 2.45) is 5.92 Å². The van der Waals surface area contributed by atoms with Gasteiger partial charge in [-0.3, -0.25) is 4.90 Å². The molecule has 1 aromatic carbocycles. The quantitative estimate of drug-likeness (QED) is 0.716. The Balaban J connectivity index is 2.57. The summed E-state index contributed by atoms with van der Waals surface area (Å²) in [6.07, 6.45) is -0.886. The summed E-state index contributed by atoms with van der Waals surface area (Å²) in [6, 6.07) is 9.29. The lowest BCUT2D eigenvalue weighted by Crippen LogP contribution is -2.56. The number of benzene rings is 1. The van der Waals surface area contributed by atoms with Crippen molar-refractivity contribution >= 4 is 12.1 Å². The number of rotatable bonds is 7. The molecule has 1 aromatic rings. The minimum atomic E-state index is -1.24. The summed E-state index contributed by atoms with van der Waals surface area (Å²) < 4.78 is 16.1. The first-order valence-electron chi connectivity index (χ1n) is 8.16. The average Bonchev–Trinajstić information content (AvgIpc) is 2.82. The zero-order valence-electron chi connectivity index (χ0n) is 14.7. The lowest BCUT2D eigenvalue weighted by atomic mass is 9.80. The van der Waals surface area contributed by atoms with Gasteiger partial charge in [0.2, 0.25) is 0 Å². The fourth-order valence-electron chi connectivity index (χ4n) is 3.23. The second-order valence-corrected chi connectivity index (χ2v) is 6.26. The summed E-state index contributed by atoms with van der Waals surface area (Å²) in [5.74, 6) is -0.315. The molecule has 1 heterocycles. The van der Waals surface area contributed by atoms with Crippen LogP contribution < -0.4 is 0 Å². The van der Waals surface area contributed by atoms with Gasteiger partial charge in [-0.05, 0) is 24.8 Å². The van der Waals surface area contributed by atoms with E-state index < -0.39 is 23.7 Å². The normalized spacial score (nSPS) is 23.5. The zero-order valence-corrected chi connectivity index (χ0v) is 14.7. The van der Waals surface area contributed by atoms with E-state index in [1.165, 1.54) is 12.0 Å². The SMILES string of the molecule is CCOC(=O)[C@]1(CC(C)C)[C@H](c2ccccc2)OC(=O)N1COC. The van der Waals surface area contributed by atoms with Gasteiger partial charge in [0.1, 0.15) is 6.73 Å². The van der Waals surface area contributed by atoms with Crippen molar-refractivity contribution in [2.75, 3.05) is 20.4 Å². The van der Waals surface area contributed by atoms with Gasteiger partial charge < -0.3 is 14.2 Å². The molecular formula is C18H25NO5. The van der Waals surface area contributed by atoms with E-state index in [1.807, 2.05) is 44.2 Å². The van der Waals surface area contributed by atoms with E-state index in [2.05, 4.69) is 0 Å². The van der Waals surface area contributed by atoms with Gasteiger partial charge in [0.25, 0.3) is 0 Å². The maximum Gasteiger partial charge on any atom is 0.413 e. The molecular weight excluding hydrogens is 310 g/mol. The molecule has 6 heteroatoms. The van der Waals surface area contributed by atoms with Gasteiger partial charge in [-0.15, -0.1) is 0 Å². The van der Waals surface area contributed by atoms with E-state index in [9.17, 15) is 9.59 Å². The van der Waals surface area contributed by atoms with Crippen molar-refractivity contribution < 1.29 is 23.8 Å². The molecule has 0 aromatic heterocycles. The number of hydrogen-bond donors (Lipinski definition) is 0. The van der Waals surface area contributed by atoms with E-state index in [4.69, 9.17) is 14.2 Å². The Hall–Kier alpha value is -2.08. The minimum Gasteiger partial charge on any atom is -0.464 e. The van der Waals surface area contributed by atoms with Crippen molar-refractivity contribution in [2.45, 2.75) is 38.8 Å². The predicted octanol–water partition coefficient (Wildman–Crippen LogP) is 3.13. The largest absolute Gasteiger partial charge is 0.464 e. The first-order chi connectivity index (χ1) is 11.5. The summed E-state index contributed by atoms with van der Waals surface area (Å²) in [6.45, 7) is 5.94. The molecule has 2 rings (SSSR count). The third-order valence-electron chi connectivity index (χ3n) is 4.06. The first-order valence-corrected chi connectivity index (χ1v) is 8.16. The maximum absolute atomic E-state index is 13.0. The molecule has 0 spiro atoms. The molecule has 1 amide bonds. The number of ether oxygens (including phenoxy) is 3. The number of methoxy groups -OCH3 is 1. The van der Waals surface area contributed by atoms with Gasteiger partial charge in [-0.1, -0.05) is 44.2 Å². The van der Waals surface area contributed by atoms with Crippen LogP contribution in [0, 0.1) is 5.92 Å². The van der Waals surface area contributed by atoms with Gasteiger partial charge in [0.15, 0.2) is 11.6 Å². The second kappa shape index (κ2) is 7.66. The summed E-state index contributed by atoms with van der Waals surface area (Å²) in [5, 5.41) is 0. The van der Waals surface area contributed by atoms with E-state index in [0.29, 0.717) is 6.42 Å². The number of nitrogens with zero attached hydrogens (tertiary/aromatic N) is 1. The third-order valence-corrected chi connectivity index (χ3v) is 4.06. The molecule has 0 unspecified atom stereocenters. The second-order valence-electron chi connectivity index (χ2n) is 6.26. The summed E-state index contributed by atoms with van der Waals surface area (Å²) in [4.78, 5) is 26.8. The van der Waals surface area contributed by atoms with Gasteiger partial charge in [-0.2, -0.15) is 0 Å². The number of carbonyl (C=O) groups is 2. The molecule has 1 saturated heterocycles. The number of cyclic esters (lactones) is 1. The van der Waals surface area contributed by atoms with Crippen molar-refractivity contribution in [3.05, 3.63) is 35.9 Å². The van der Waals surface area contributed by atoms with Crippen LogP contribution in [0.2, 0.25) is 0 Å². The van der Waals surface area contributed by atoms with Crippen LogP contribution in [0.25, 0.3) is 0 Å². The Bertz CT molecular complexity index is 574. The Labute approximate surface area is 142 Å². The molecule has 6 nitrogen and oxygen atoms in total. The number of esters is 1. The van der Waals surface area contributed by atoms with Gasteiger partial charge in [-0.25, -0.2) is 9.59 Å². The number of hydrogen-bond acceptors (Lipinski definition) is 5.